The molecule has 1 aromatic rings. The molecule has 1 fully saturated rings. The summed E-state index contributed by atoms with van der Waals surface area (Å²) in [7, 11) is 0. The van der Waals surface area contributed by atoms with Crippen molar-refractivity contribution in [3.05, 3.63) is 18.7 Å². The molecule has 4 unspecified atom stereocenters. The maximum Gasteiger partial charge on any atom is 0.0946 e. The third-order valence-electron chi connectivity index (χ3n) is 4.25. The van der Waals surface area contributed by atoms with Crippen LogP contribution in [0.3, 0.4) is 0 Å². The van der Waals surface area contributed by atoms with Crippen molar-refractivity contribution in [3.8, 4) is 0 Å². The minimum atomic E-state index is 0.516. The fraction of sp³-hybridized carbons (Fsp3) is 0.786. The Morgan fingerprint density at radius 3 is 2.94 bits per heavy atom. The number of aromatic nitrogens is 2. The summed E-state index contributed by atoms with van der Waals surface area (Å²) >= 11 is 0. The molecule has 0 saturated heterocycles. The Hall–Kier alpha value is -0.830. The lowest BCUT2D eigenvalue weighted by Crippen LogP contribution is -2.46. The van der Waals surface area contributed by atoms with Gasteiger partial charge in [-0.15, -0.1) is 0 Å². The van der Waals surface area contributed by atoms with Gasteiger partial charge in [0.1, 0.15) is 0 Å². The monoisotopic (exact) mass is 235 g/mol. The molecule has 4 atom stereocenters. The number of hydrogen-bond acceptors (Lipinski definition) is 2. The highest BCUT2D eigenvalue weighted by Gasteiger charge is 2.27. The molecule has 0 aliphatic heterocycles. The molecule has 1 aromatic heterocycles. The summed E-state index contributed by atoms with van der Waals surface area (Å²) in [5.41, 5.74) is 0. The van der Waals surface area contributed by atoms with Crippen LogP contribution >= 0.6 is 0 Å². The Kier molecular flexibility index (Phi) is 4.21. The van der Waals surface area contributed by atoms with Crippen LogP contribution in [0.25, 0.3) is 0 Å². The minimum Gasteiger partial charge on any atom is -0.336 e. The van der Waals surface area contributed by atoms with Crippen molar-refractivity contribution in [1.82, 2.24) is 14.9 Å². The van der Waals surface area contributed by atoms with Crippen molar-refractivity contribution in [2.24, 2.45) is 11.8 Å². The molecule has 2 rings (SSSR count). The highest BCUT2D eigenvalue weighted by molar-refractivity contribution is 4.85. The van der Waals surface area contributed by atoms with E-state index in [2.05, 4.69) is 35.6 Å². The van der Waals surface area contributed by atoms with Crippen LogP contribution in [-0.2, 0) is 6.54 Å². The lowest BCUT2D eigenvalue weighted by molar-refractivity contribution is 0.192. The van der Waals surface area contributed by atoms with Gasteiger partial charge in [-0.25, -0.2) is 4.98 Å². The minimum absolute atomic E-state index is 0.516. The quantitative estimate of drug-likeness (QED) is 0.869. The first-order chi connectivity index (χ1) is 8.16. The Labute approximate surface area is 105 Å². The molecule has 3 heteroatoms. The SMILES string of the molecule is CC(Cn1ccnc1)NC1CCCC(C)C1C. The van der Waals surface area contributed by atoms with Crippen molar-refractivity contribution in [3.63, 3.8) is 0 Å². The number of nitrogens with zero attached hydrogens (tertiary/aromatic N) is 2. The molecule has 1 N–H and O–H groups in total. The molecule has 0 amide bonds. The van der Waals surface area contributed by atoms with E-state index in [4.69, 9.17) is 0 Å². The van der Waals surface area contributed by atoms with Gasteiger partial charge in [-0.3, -0.25) is 0 Å². The molecular weight excluding hydrogens is 210 g/mol. The smallest absolute Gasteiger partial charge is 0.0946 e. The Balaban J connectivity index is 1.83. The summed E-state index contributed by atoms with van der Waals surface area (Å²) in [6.45, 7) is 8.06. The van der Waals surface area contributed by atoms with Crippen LogP contribution in [0.1, 0.15) is 40.0 Å². The third-order valence-corrected chi connectivity index (χ3v) is 4.25. The largest absolute Gasteiger partial charge is 0.336 e. The van der Waals surface area contributed by atoms with E-state index in [9.17, 15) is 0 Å². The van der Waals surface area contributed by atoms with E-state index in [1.165, 1.54) is 19.3 Å². The van der Waals surface area contributed by atoms with Crippen LogP contribution in [-0.4, -0.2) is 21.6 Å². The summed E-state index contributed by atoms with van der Waals surface area (Å²) in [5.74, 6) is 1.66. The first-order valence-electron chi connectivity index (χ1n) is 6.88. The molecule has 0 aromatic carbocycles. The second kappa shape index (κ2) is 5.67. The van der Waals surface area contributed by atoms with E-state index >= 15 is 0 Å². The maximum atomic E-state index is 4.08. The van der Waals surface area contributed by atoms with Crippen LogP contribution in [0.15, 0.2) is 18.7 Å². The Morgan fingerprint density at radius 2 is 2.24 bits per heavy atom. The Bertz CT molecular complexity index is 320. The summed E-state index contributed by atoms with van der Waals surface area (Å²) in [6.07, 6.45) is 9.88. The second-order valence-corrected chi connectivity index (χ2v) is 5.70. The topological polar surface area (TPSA) is 29.9 Å². The summed E-state index contributed by atoms with van der Waals surface area (Å²) < 4.78 is 2.15. The molecule has 3 nitrogen and oxygen atoms in total. The van der Waals surface area contributed by atoms with Gasteiger partial charge in [-0.1, -0.05) is 26.7 Å². The van der Waals surface area contributed by atoms with Gasteiger partial charge in [0.2, 0.25) is 0 Å². The molecule has 96 valence electrons. The summed E-state index contributed by atoms with van der Waals surface area (Å²) in [5, 5.41) is 3.79. The molecule has 0 radical (unpaired) electrons. The average Bonchev–Trinajstić information content (AvgIpc) is 2.77. The zero-order valence-corrected chi connectivity index (χ0v) is 11.3. The molecular formula is C14H25N3. The Morgan fingerprint density at radius 1 is 1.41 bits per heavy atom. The lowest BCUT2D eigenvalue weighted by atomic mass is 9.78. The average molecular weight is 235 g/mol. The van der Waals surface area contributed by atoms with E-state index in [1.807, 2.05) is 18.7 Å². The third kappa shape index (κ3) is 3.32. The standard InChI is InChI=1S/C14H25N3/c1-11-5-4-6-14(13(11)3)16-12(2)9-17-8-7-15-10-17/h7-8,10-14,16H,4-6,9H2,1-3H3. The zero-order chi connectivity index (χ0) is 12.3. The van der Waals surface area contributed by atoms with Crippen LogP contribution in [0.5, 0.6) is 0 Å². The van der Waals surface area contributed by atoms with E-state index in [0.29, 0.717) is 12.1 Å². The fourth-order valence-electron chi connectivity index (χ4n) is 2.95. The number of nitrogens with one attached hydrogen (secondary N) is 1. The molecule has 0 spiro atoms. The number of imidazole rings is 1. The zero-order valence-electron chi connectivity index (χ0n) is 11.3. The van der Waals surface area contributed by atoms with Gasteiger partial charge >= 0.3 is 0 Å². The number of hydrogen-bond donors (Lipinski definition) is 1. The van der Waals surface area contributed by atoms with Gasteiger partial charge in [0.05, 0.1) is 6.33 Å². The molecule has 1 aliphatic rings. The molecule has 17 heavy (non-hydrogen) atoms. The van der Waals surface area contributed by atoms with Gasteiger partial charge < -0.3 is 9.88 Å². The second-order valence-electron chi connectivity index (χ2n) is 5.70. The van der Waals surface area contributed by atoms with E-state index in [0.717, 1.165) is 18.4 Å². The molecule has 1 aliphatic carbocycles. The van der Waals surface area contributed by atoms with Gasteiger partial charge in [0.25, 0.3) is 0 Å². The highest BCUT2D eigenvalue weighted by atomic mass is 15.1. The van der Waals surface area contributed by atoms with Gasteiger partial charge in [0.15, 0.2) is 0 Å². The van der Waals surface area contributed by atoms with Crippen molar-refractivity contribution >= 4 is 0 Å². The normalized spacial score (nSPS) is 31.4. The van der Waals surface area contributed by atoms with Crippen molar-refractivity contribution in [1.29, 1.82) is 0 Å². The molecule has 1 saturated carbocycles. The number of rotatable bonds is 4. The van der Waals surface area contributed by atoms with E-state index in [-0.39, 0.29) is 0 Å². The van der Waals surface area contributed by atoms with Crippen molar-refractivity contribution in [2.75, 3.05) is 0 Å². The van der Waals surface area contributed by atoms with Gasteiger partial charge in [-0.2, -0.15) is 0 Å². The first-order valence-corrected chi connectivity index (χ1v) is 6.88. The van der Waals surface area contributed by atoms with E-state index < -0.39 is 0 Å². The van der Waals surface area contributed by atoms with Gasteiger partial charge in [-0.05, 0) is 25.2 Å². The van der Waals surface area contributed by atoms with Crippen molar-refractivity contribution in [2.45, 2.75) is 58.7 Å². The van der Waals surface area contributed by atoms with Crippen LogP contribution in [0, 0.1) is 11.8 Å². The first kappa shape index (κ1) is 12.6. The predicted molar refractivity (Wildman–Crippen MR) is 70.8 cm³/mol. The van der Waals surface area contributed by atoms with Crippen LogP contribution in [0.4, 0.5) is 0 Å². The molecule has 1 heterocycles. The van der Waals surface area contributed by atoms with E-state index in [1.54, 1.807) is 0 Å². The van der Waals surface area contributed by atoms with Crippen molar-refractivity contribution < 1.29 is 0 Å². The molecule has 0 bridgehead atoms. The van der Waals surface area contributed by atoms with Crippen LogP contribution in [0.2, 0.25) is 0 Å². The summed E-state index contributed by atoms with van der Waals surface area (Å²) in [6, 6.07) is 1.21. The van der Waals surface area contributed by atoms with Gasteiger partial charge in [0, 0.05) is 31.0 Å². The maximum absolute atomic E-state index is 4.08. The fourth-order valence-corrected chi connectivity index (χ4v) is 2.95. The predicted octanol–water partition coefficient (Wildman–Crippen LogP) is 2.69. The van der Waals surface area contributed by atoms with Crippen LogP contribution < -0.4 is 5.32 Å². The summed E-state index contributed by atoms with van der Waals surface area (Å²) in [4.78, 5) is 4.08. The highest BCUT2D eigenvalue weighted by Crippen LogP contribution is 2.29. The lowest BCUT2D eigenvalue weighted by Gasteiger charge is -2.36.